The fourth-order valence-corrected chi connectivity index (χ4v) is 4.39. The van der Waals surface area contributed by atoms with Crippen LogP contribution in [0.4, 0.5) is 0 Å². The summed E-state index contributed by atoms with van der Waals surface area (Å²) in [7, 11) is 3.26. The normalized spacial score (nSPS) is 15.2. The molecular formula is C26H35N3O5. The van der Waals surface area contributed by atoms with Gasteiger partial charge < -0.3 is 29.0 Å². The smallest absolute Gasteiger partial charge is 0.289 e. The third-order valence-corrected chi connectivity index (χ3v) is 6.08. The second-order valence-corrected chi connectivity index (χ2v) is 8.31. The highest BCUT2D eigenvalue weighted by Crippen LogP contribution is 2.39. The number of rotatable bonds is 12. The quantitative estimate of drug-likeness (QED) is 0.376. The number of benzene rings is 1. The lowest BCUT2D eigenvalue weighted by molar-refractivity contribution is -0.117. The van der Waals surface area contributed by atoms with Crippen LogP contribution in [-0.4, -0.2) is 62.5 Å². The van der Waals surface area contributed by atoms with Crippen molar-refractivity contribution >= 4 is 12.3 Å². The van der Waals surface area contributed by atoms with Crippen molar-refractivity contribution in [3.05, 3.63) is 59.2 Å². The van der Waals surface area contributed by atoms with Crippen LogP contribution in [0.25, 0.3) is 0 Å². The summed E-state index contributed by atoms with van der Waals surface area (Å²) in [4.78, 5) is 28.4. The molecule has 184 valence electrons. The standard InChI is InChI=1S/C26H35N3O5/c1-5-27-10-12-28(26(31)23-9-7-13-34-23)11-6-8-21-14-19(2)25-20(17-29(21)18-30)15-22(32-3)16-24(25)33-4/h7,9,13-16,18-19,27H,5-6,8,10-12,17H2,1-4H3/t19-/m0/s1. The largest absolute Gasteiger partial charge is 0.497 e. The Bertz CT molecular complexity index is 987. The van der Waals surface area contributed by atoms with Crippen LogP contribution < -0.4 is 14.8 Å². The summed E-state index contributed by atoms with van der Waals surface area (Å²) in [6, 6.07) is 7.25. The second kappa shape index (κ2) is 12.3. The number of hydrogen-bond donors (Lipinski definition) is 1. The lowest BCUT2D eigenvalue weighted by Crippen LogP contribution is -2.37. The molecule has 0 aliphatic carbocycles. The van der Waals surface area contributed by atoms with Gasteiger partial charge in [0.25, 0.3) is 5.91 Å². The summed E-state index contributed by atoms with van der Waals surface area (Å²) in [5.74, 6) is 1.73. The van der Waals surface area contributed by atoms with E-state index in [9.17, 15) is 9.59 Å². The Morgan fingerprint density at radius 3 is 2.76 bits per heavy atom. The molecule has 0 saturated heterocycles. The summed E-state index contributed by atoms with van der Waals surface area (Å²) in [6.45, 7) is 7.28. The van der Waals surface area contributed by atoms with Crippen molar-refractivity contribution in [1.82, 2.24) is 15.1 Å². The van der Waals surface area contributed by atoms with E-state index in [1.807, 2.05) is 19.1 Å². The average Bonchev–Trinajstić information content (AvgIpc) is 3.35. The van der Waals surface area contributed by atoms with Gasteiger partial charge in [-0.15, -0.1) is 0 Å². The highest BCUT2D eigenvalue weighted by molar-refractivity contribution is 5.91. The Balaban J connectivity index is 1.74. The molecule has 1 aliphatic rings. The molecule has 1 aromatic carbocycles. The van der Waals surface area contributed by atoms with Gasteiger partial charge in [0, 0.05) is 42.9 Å². The molecule has 1 atom stereocenters. The third-order valence-electron chi connectivity index (χ3n) is 6.08. The van der Waals surface area contributed by atoms with E-state index in [1.165, 1.54) is 6.26 Å². The number of nitrogens with zero attached hydrogens (tertiary/aromatic N) is 2. The van der Waals surface area contributed by atoms with Crippen molar-refractivity contribution in [3.63, 3.8) is 0 Å². The zero-order valence-corrected chi connectivity index (χ0v) is 20.5. The van der Waals surface area contributed by atoms with Gasteiger partial charge in [0.1, 0.15) is 11.5 Å². The van der Waals surface area contributed by atoms with Crippen molar-refractivity contribution in [1.29, 1.82) is 0 Å². The van der Waals surface area contributed by atoms with Crippen molar-refractivity contribution in [3.8, 4) is 11.5 Å². The molecular weight excluding hydrogens is 434 g/mol. The lowest BCUT2D eigenvalue weighted by Gasteiger charge is -2.24. The number of carbonyl (C=O) groups excluding carboxylic acids is 2. The topological polar surface area (TPSA) is 84.3 Å². The highest BCUT2D eigenvalue weighted by Gasteiger charge is 2.25. The van der Waals surface area contributed by atoms with Crippen LogP contribution in [-0.2, 0) is 11.3 Å². The molecule has 0 bridgehead atoms. The number of hydrogen-bond acceptors (Lipinski definition) is 6. The molecule has 1 N–H and O–H groups in total. The minimum Gasteiger partial charge on any atom is -0.497 e. The minimum absolute atomic E-state index is 0.0606. The Hall–Kier alpha value is -3.26. The molecule has 8 nitrogen and oxygen atoms in total. The van der Waals surface area contributed by atoms with Gasteiger partial charge in [-0.1, -0.05) is 19.9 Å². The Morgan fingerprint density at radius 1 is 1.29 bits per heavy atom. The number of furan rings is 1. The number of amides is 2. The van der Waals surface area contributed by atoms with E-state index in [4.69, 9.17) is 13.9 Å². The van der Waals surface area contributed by atoms with Gasteiger partial charge in [-0.05, 0) is 43.1 Å². The van der Waals surface area contributed by atoms with Gasteiger partial charge in [0.05, 0.1) is 27.0 Å². The number of methoxy groups -OCH3 is 2. The van der Waals surface area contributed by atoms with E-state index in [2.05, 4.69) is 18.3 Å². The molecule has 1 aromatic heterocycles. The van der Waals surface area contributed by atoms with Crippen molar-refractivity contribution in [2.45, 2.75) is 39.2 Å². The molecule has 2 amide bonds. The third kappa shape index (κ3) is 5.99. The SMILES string of the molecule is CCNCCN(CCCC1=C[C@H](C)c2c(cc(OC)cc2OC)CN1C=O)C(=O)c1ccco1. The number of carbonyl (C=O) groups is 2. The fraction of sp³-hybridized carbons (Fsp3) is 0.462. The predicted octanol–water partition coefficient (Wildman–Crippen LogP) is 3.79. The maximum atomic E-state index is 12.9. The molecule has 0 spiro atoms. The highest BCUT2D eigenvalue weighted by atomic mass is 16.5. The van der Waals surface area contributed by atoms with Gasteiger partial charge in [-0.2, -0.15) is 0 Å². The van der Waals surface area contributed by atoms with Gasteiger partial charge in [0.2, 0.25) is 6.41 Å². The van der Waals surface area contributed by atoms with Crippen LogP contribution in [0.3, 0.4) is 0 Å². The van der Waals surface area contributed by atoms with E-state index in [-0.39, 0.29) is 11.8 Å². The first-order valence-electron chi connectivity index (χ1n) is 11.7. The van der Waals surface area contributed by atoms with Crippen LogP contribution >= 0.6 is 0 Å². The predicted molar refractivity (Wildman–Crippen MR) is 130 cm³/mol. The molecule has 2 aromatic rings. The van der Waals surface area contributed by atoms with Crippen molar-refractivity contribution in [2.75, 3.05) is 40.4 Å². The van der Waals surface area contributed by atoms with E-state index in [0.717, 1.165) is 41.9 Å². The van der Waals surface area contributed by atoms with Gasteiger partial charge in [-0.3, -0.25) is 9.59 Å². The molecule has 8 heteroatoms. The Kier molecular flexibility index (Phi) is 9.16. The van der Waals surface area contributed by atoms with Crippen molar-refractivity contribution < 1.29 is 23.5 Å². The number of allylic oxidation sites excluding steroid dienone is 2. The molecule has 3 rings (SSSR count). The second-order valence-electron chi connectivity index (χ2n) is 8.31. The Morgan fingerprint density at radius 2 is 2.12 bits per heavy atom. The number of nitrogens with one attached hydrogen (secondary N) is 1. The minimum atomic E-state index is -0.123. The van der Waals surface area contributed by atoms with Crippen molar-refractivity contribution in [2.24, 2.45) is 0 Å². The Labute approximate surface area is 201 Å². The summed E-state index contributed by atoms with van der Waals surface area (Å²) in [5.41, 5.74) is 3.00. The first kappa shape index (κ1) is 25.4. The van der Waals surface area contributed by atoms with Gasteiger partial charge in [-0.25, -0.2) is 0 Å². The van der Waals surface area contributed by atoms with Gasteiger partial charge in [0.15, 0.2) is 5.76 Å². The first-order valence-corrected chi connectivity index (χ1v) is 11.7. The fourth-order valence-electron chi connectivity index (χ4n) is 4.39. The molecule has 0 saturated carbocycles. The summed E-state index contributed by atoms with van der Waals surface area (Å²) >= 11 is 0. The van der Waals surface area contributed by atoms with Gasteiger partial charge >= 0.3 is 0 Å². The molecule has 0 fully saturated rings. The molecule has 0 radical (unpaired) electrons. The monoisotopic (exact) mass is 469 g/mol. The van der Waals surface area contributed by atoms with Crippen LogP contribution in [0, 0.1) is 0 Å². The number of likely N-dealkylation sites (N-methyl/N-ethyl adjacent to an activating group) is 1. The van der Waals surface area contributed by atoms with Crippen LogP contribution in [0.1, 0.15) is 54.3 Å². The molecule has 2 heterocycles. The van der Waals surface area contributed by atoms with Crippen LogP contribution in [0.15, 0.2) is 46.7 Å². The van der Waals surface area contributed by atoms with Crippen LogP contribution in [0.5, 0.6) is 11.5 Å². The number of fused-ring (bicyclic) bond motifs is 1. The number of ether oxygens (including phenoxy) is 2. The molecule has 1 aliphatic heterocycles. The first-order chi connectivity index (χ1) is 16.5. The maximum Gasteiger partial charge on any atom is 0.289 e. The zero-order valence-electron chi connectivity index (χ0n) is 20.5. The van der Waals surface area contributed by atoms with E-state index in [1.54, 1.807) is 36.2 Å². The maximum absolute atomic E-state index is 12.9. The van der Waals surface area contributed by atoms with Crippen LogP contribution in [0.2, 0.25) is 0 Å². The summed E-state index contributed by atoms with van der Waals surface area (Å²) in [6.07, 6.45) is 5.89. The summed E-state index contributed by atoms with van der Waals surface area (Å²) in [5, 5.41) is 3.27. The molecule has 0 unspecified atom stereocenters. The lowest BCUT2D eigenvalue weighted by atomic mass is 9.94. The zero-order chi connectivity index (χ0) is 24.5. The van der Waals surface area contributed by atoms with E-state index in [0.29, 0.717) is 44.1 Å². The van der Waals surface area contributed by atoms with E-state index < -0.39 is 0 Å². The molecule has 34 heavy (non-hydrogen) atoms. The van der Waals surface area contributed by atoms with E-state index >= 15 is 0 Å². The average molecular weight is 470 g/mol. The summed E-state index contributed by atoms with van der Waals surface area (Å²) < 4.78 is 16.4.